The molecule has 0 amide bonds. The molecule has 2 aliphatic heterocycles. The molecule has 0 aromatic heterocycles. The van der Waals surface area contributed by atoms with Gasteiger partial charge in [-0.3, -0.25) is 9.59 Å². The van der Waals surface area contributed by atoms with Crippen molar-refractivity contribution in [2.24, 2.45) is 29.6 Å². The Hall–Kier alpha value is -5.54. The Kier molecular flexibility index (Phi) is 25.7. The smallest absolute Gasteiger partial charge is 0.169 e. The summed E-state index contributed by atoms with van der Waals surface area (Å²) in [6.45, 7) is 31.9. The first-order valence-corrected chi connectivity index (χ1v) is 25.6. The Bertz CT molecular complexity index is 2290. The first-order chi connectivity index (χ1) is 34.1. The predicted octanol–water partition coefficient (Wildman–Crippen LogP) is 12.9. The number of aliphatic hydroxyl groups excluding tert-OH is 3. The summed E-state index contributed by atoms with van der Waals surface area (Å²) in [5.41, 5.74) is 7.78. The van der Waals surface area contributed by atoms with Crippen LogP contribution in [0.1, 0.15) is 97.1 Å². The molecule has 388 valence electrons. The number of ketones is 2. The van der Waals surface area contributed by atoms with E-state index in [1.807, 2.05) is 159 Å². The number of hydrogen-bond acceptors (Lipinski definition) is 7. The van der Waals surface area contributed by atoms with E-state index in [9.17, 15) is 24.9 Å². The molecule has 2 fully saturated rings. The minimum Gasteiger partial charge on any atom is -0.390 e. The van der Waals surface area contributed by atoms with Crippen LogP contribution in [0.5, 0.6) is 0 Å². The molecule has 0 unspecified atom stereocenters. The minimum absolute atomic E-state index is 0.0369. The van der Waals surface area contributed by atoms with Gasteiger partial charge in [0.05, 0.1) is 31.5 Å². The van der Waals surface area contributed by atoms with Crippen LogP contribution >= 0.6 is 0 Å². The van der Waals surface area contributed by atoms with Crippen LogP contribution in [-0.2, 0) is 51.2 Å². The Morgan fingerprint density at radius 1 is 0.472 bits per heavy atom. The lowest BCUT2D eigenvalue weighted by Gasteiger charge is -2.22. The molecule has 0 saturated carbocycles. The van der Waals surface area contributed by atoms with Crippen LogP contribution in [0, 0.1) is 29.6 Å². The summed E-state index contributed by atoms with van der Waals surface area (Å²) in [5.74, 6) is 1.17. The van der Waals surface area contributed by atoms with Gasteiger partial charge in [0.15, 0.2) is 11.6 Å². The maximum atomic E-state index is 11.9. The number of benzene rings is 5. The van der Waals surface area contributed by atoms with Crippen molar-refractivity contribution in [3.05, 3.63) is 216 Å². The van der Waals surface area contributed by atoms with E-state index in [-0.39, 0.29) is 52.9 Å². The summed E-state index contributed by atoms with van der Waals surface area (Å²) < 4.78 is 10.4. The number of epoxide rings is 2. The average molecular weight is 979 g/mol. The van der Waals surface area contributed by atoms with Crippen LogP contribution in [-0.4, -0.2) is 69.6 Å². The van der Waals surface area contributed by atoms with Gasteiger partial charge in [0.1, 0.15) is 11.2 Å². The van der Waals surface area contributed by atoms with Crippen molar-refractivity contribution in [3.8, 4) is 0 Å². The number of hydrogen-bond donors (Lipinski definition) is 3. The van der Waals surface area contributed by atoms with Crippen molar-refractivity contribution < 1.29 is 34.4 Å². The van der Waals surface area contributed by atoms with Crippen LogP contribution in [0.15, 0.2) is 188 Å². The summed E-state index contributed by atoms with van der Waals surface area (Å²) >= 11 is 0. The molecule has 72 heavy (non-hydrogen) atoms. The predicted molar refractivity (Wildman–Crippen MR) is 298 cm³/mol. The summed E-state index contributed by atoms with van der Waals surface area (Å²) in [4.78, 5) is 23.5. The molecular weight excluding hydrogens is 893 g/mol. The number of allylic oxidation sites excluding steroid dienone is 1. The number of ether oxygens (including phenoxy) is 2. The van der Waals surface area contributed by atoms with Crippen molar-refractivity contribution in [3.63, 3.8) is 0 Å². The van der Waals surface area contributed by atoms with Crippen LogP contribution in [0.3, 0.4) is 0 Å². The fraction of sp³-hybridized carbons (Fsp3) is 0.415. The third-order valence-electron chi connectivity index (χ3n) is 13.2. The summed E-state index contributed by atoms with van der Waals surface area (Å²) in [6, 6.07) is 50.9. The van der Waals surface area contributed by atoms with Crippen molar-refractivity contribution in [1.29, 1.82) is 0 Å². The van der Waals surface area contributed by atoms with Crippen molar-refractivity contribution in [1.82, 2.24) is 0 Å². The molecule has 2 aliphatic rings. The largest absolute Gasteiger partial charge is 0.390 e. The van der Waals surface area contributed by atoms with Gasteiger partial charge < -0.3 is 24.8 Å². The highest BCUT2D eigenvalue weighted by Crippen LogP contribution is 2.35. The third-order valence-corrected chi connectivity index (χ3v) is 13.2. The summed E-state index contributed by atoms with van der Waals surface area (Å²) in [5, 5.41) is 29.6. The van der Waals surface area contributed by atoms with Gasteiger partial charge in [-0.25, -0.2) is 0 Å². The monoisotopic (exact) mass is 979 g/mol. The number of rotatable bonds is 20. The van der Waals surface area contributed by atoms with E-state index in [0.29, 0.717) is 18.8 Å². The topological polar surface area (TPSA) is 120 Å². The Balaban J connectivity index is 0.000000238. The second-order valence-corrected chi connectivity index (χ2v) is 20.8. The first-order valence-electron chi connectivity index (χ1n) is 25.6. The van der Waals surface area contributed by atoms with Crippen LogP contribution < -0.4 is 0 Å². The standard InChI is InChI=1S/C13H18O2.C13H16O2.2C13H18O.C13H16O/c2*1-10(12(14)13(2)9-15-13)8-11-6-4-3-5-7-11;3*1-10(2)13(14)11(3)9-12-7-5-4-6-8-12/h3-7,10,12,14H,8-9H2,1-2H3;3-7,10H,8-9H2,1-2H3;2*4-8,11,13-14H,1,9H2,2-3H3;4-8,11H,1,9H2,2-3H3/t10-,12-,13+;10-,13+;11-,13+;11-,13-;11-/m00000/s1. The highest BCUT2D eigenvalue weighted by Gasteiger charge is 2.49. The van der Waals surface area contributed by atoms with Gasteiger partial charge in [-0.2, -0.15) is 0 Å². The number of carbonyl (C=O) groups is 2. The molecule has 5 aromatic carbocycles. The van der Waals surface area contributed by atoms with E-state index >= 15 is 0 Å². The van der Waals surface area contributed by atoms with Crippen LogP contribution in [0.25, 0.3) is 0 Å². The summed E-state index contributed by atoms with van der Waals surface area (Å²) in [7, 11) is 0. The maximum Gasteiger partial charge on any atom is 0.169 e. The first kappa shape index (κ1) is 60.8. The summed E-state index contributed by atoms with van der Waals surface area (Å²) in [6.07, 6.45) is 3.15. The zero-order chi connectivity index (χ0) is 53.4. The fourth-order valence-electron chi connectivity index (χ4n) is 8.46. The molecule has 7 heteroatoms. The third kappa shape index (κ3) is 22.1. The number of aliphatic hydroxyl groups is 3. The van der Waals surface area contributed by atoms with E-state index in [4.69, 9.17) is 9.47 Å². The van der Waals surface area contributed by atoms with Gasteiger partial charge in [-0.15, -0.1) is 0 Å². The second kappa shape index (κ2) is 30.5. The van der Waals surface area contributed by atoms with Gasteiger partial charge in [-0.05, 0) is 118 Å². The lowest BCUT2D eigenvalue weighted by atomic mass is 9.89. The van der Waals surface area contributed by atoms with E-state index in [1.165, 1.54) is 27.8 Å². The molecule has 0 radical (unpaired) electrons. The zero-order valence-electron chi connectivity index (χ0n) is 45.1. The quantitative estimate of drug-likeness (QED) is 0.0404. The Morgan fingerprint density at radius 3 is 1.01 bits per heavy atom. The van der Waals surface area contributed by atoms with Crippen molar-refractivity contribution in [2.45, 2.75) is 131 Å². The molecule has 2 heterocycles. The van der Waals surface area contributed by atoms with Crippen LogP contribution in [0.4, 0.5) is 0 Å². The maximum absolute atomic E-state index is 11.9. The average Bonchev–Trinajstić information content (AvgIpc) is 4.32. The molecular formula is C65H86O7. The minimum atomic E-state index is -0.478. The van der Waals surface area contributed by atoms with Gasteiger partial charge in [0.25, 0.3) is 0 Å². The van der Waals surface area contributed by atoms with Gasteiger partial charge >= 0.3 is 0 Å². The fourth-order valence-corrected chi connectivity index (χ4v) is 8.46. The molecule has 7 nitrogen and oxygen atoms in total. The highest BCUT2D eigenvalue weighted by molar-refractivity contribution is 5.95. The van der Waals surface area contributed by atoms with Crippen molar-refractivity contribution >= 4 is 11.6 Å². The molecule has 3 N–H and O–H groups in total. The molecule has 0 bridgehead atoms. The second-order valence-electron chi connectivity index (χ2n) is 20.8. The lowest BCUT2D eigenvalue weighted by Crippen LogP contribution is -2.33. The molecule has 2 saturated heterocycles. The van der Waals surface area contributed by atoms with E-state index in [2.05, 4.69) is 75.2 Å². The van der Waals surface area contributed by atoms with E-state index in [1.54, 1.807) is 6.92 Å². The van der Waals surface area contributed by atoms with Crippen LogP contribution in [0.2, 0.25) is 0 Å². The van der Waals surface area contributed by atoms with Gasteiger partial charge in [0, 0.05) is 11.8 Å². The SMILES string of the molecule is C=C(C)C(=O)[C@@H](C)Cc1ccccc1.C=C(C)[C@@H](O)[C@@H](C)Cc1ccccc1.C=C(C)[C@H](O)[C@@H](C)Cc1ccccc1.C[C@@H](Cc1ccccc1)C(=O)[C@@]1(C)CO1.C[C@@H](Cc1ccccc1)[C@H](O)[C@@]1(C)CO1. The number of Topliss-reactive ketones (excluding diaryl/α,β-unsaturated/α-hetero) is 2. The normalized spacial score (nSPS) is 19.5. The molecule has 10 atom stereocenters. The Labute approximate surface area is 433 Å². The highest BCUT2D eigenvalue weighted by atomic mass is 16.6. The van der Waals surface area contributed by atoms with Crippen molar-refractivity contribution in [2.75, 3.05) is 13.2 Å². The Morgan fingerprint density at radius 2 is 0.750 bits per heavy atom. The lowest BCUT2D eigenvalue weighted by molar-refractivity contribution is -0.127. The molecule has 5 aromatic rings. The van der Waals surface area contributed by atoms with E-state index < -0.39 is 17.8 Å². The van der Waals surface area contributed by atoms with Gasteiger partial charge in [0.2, 0.25) is 0 Å². The number of carbonyl (C=O) groups excluding carboxylic acids is 2. The molecule has 0 spiro atoms. The zero-order valence-corrected chi connectivity index (χ0v) is 45.1. The van der Waals surface area contributed by atoms with Gasteiger partial charge in [-0.1, -0.05) is 217 Å². The molecule has 7 rings (SSSR count). The molecule has 0 aliphatic carbocycles. The van der Waals surface area contributed by atoms with E-state index in [0.717, 1.165) is 43.3 Å².